The lowest BCUT2D eigenvalue weighted by Crippen LogP contribution is -2.11. The second-order valence-corrected chi connectivity index (χ2v) is 9.76. The number of aromatic hydroxyl groups is 3. The molecular formula is C31H40O3. The maximum Gasteiger partial charge on any atom is 0.119 e. The molecule has 0 aliphatic carbocycles. The van der Waals surface area contributed by atoms with Gasteiger partial charge in [0, 0.05) is 5.92 Å². The Bertz CT molecular complexity index is 1120. The van der Waals surface area contributed by atoms with Gasteiger partial charge in [0.1, 0.15) is 17.2 Å². The molecule has 3 heteroatoms. The first-order chi connectivity index (χ1) is 16.1. The molecular weight excluding hydrogens is 420 g/mol. The first kappa shape index (κ1) is 25.7. The minimum absolute atomic E-state index is 0.116. The van der Waals surface area contributed by atoms with E-state index in [1.807, 2.05) is 18.2 Å². The second-order valence-electron chi connectivity index (χ2n) is 9.76. The van der Waals surface area contributed by atoms with Crippen LogP contribution in [0.15, 0.2) is 36.4 Å². The molecule has 0 spiro atoms. The molecule has 3 aromatic carbocycles. The zero-order valence-electron chi connectivity index (χ0n) is 21.8. The summed E-state index contributed by atoms with van der Waals surface area (Å²) in [5.41, 5.74) is 9.87. The van der Waals surface area contributed by atoms with Crippen molar-refractivity contribution in [3.05, 3.63) is 86.5 Å². The van der Waals surface area contributed by atoms with Gasteiger partial charge in [-0.3, -0.25) is 0 Å². The third-order valence-corrected chi connectivity index (χ3v) is 7.42. The molecule has 0 saturated carbocycles. The smallest absolute Gasteiger partial charge is 0.119 e. The van der Waals surface area contributed by atoms with Gasteiger partial charge in [0.2, 0.25) is 0 Å². The van der Waals surface area contributed by atoms with E-state index in [2.05, 4.69) is 66.7 Å². The Kier molecular flexibility index (Phi) is 7.97. The van der Waals surface area contributed by atoms with Gasteiger partial charge >= 0.3 is 0 Å². The molecule has 0 aliphatic heterocycles. The van der Waals surface area contributed by atoms with E-state index < -0.39 is 0 Å². The first-order valence-electron chi connectivity index (χ1n) is 12.6. The van der Waals surface area contributed by atoms with Crippen LogP contribution in [-0.2, 0) is 19.3 Å². The Morgan fingerprint density at radius 2 is 0.882 bits per heavy atom. The molecule has 1 atom stereocenters. The average molecular weight is 461 g/mol. The third kappa shape index (κ3) is 5.09. The lowest BCUT2D eigenvalue weighted by atomic mass is 9.77. The van der Waals surface area contributed by atoms with E-state index in [-0.39, 0.29) is 11.8 Å². The molecule has 3 nitrogen and oxygen atoms in total. The summed E-state index contributed by atoms with van der Waals surface area (Å²) in [6, 6.07) is 12.2. The number of phenolic OH excluding ortho intramolecular Hbond substituents is 3. The normalized spacial score (nSPS) is 12.4. The zero-order valence-corrected chi connectivity index (χ0v) is 21.8. The Hall–Kier alpha value is -2.94. The molecule has 0 aliphatic rings. The van der Waals surface area contributed by atoms with Gasteiger partial charge in [0.25, 0.3) is 0 Å². The van der Waals surface area contributed by atoms with Crippen molar-refractivity contribution in [1.82, 2.24) is 0 Å². The fraction of sp³-hybridized carbons (Fsp3) is 0.419. The molecule has 0 aromatic heterocycles. The molecule has 1 unspecified atom stereocenters. The van der Waals surface area contributed by atoms with Crippen LogP contribution in [-0.4, -0.2) is 15.3 Å². The number of hydrogen-bond acceptors (Lipinski definition) is 3. The van der Waals surface area contributed by atoms with Crippen LogP contribution in [0, 0.1) is 20.8 Å². The van der Waals surface area contributed by atoms with E-state index in [0.29, 0.717) is 17.2 Å². The molecule has 34 heavy (non-hydrogen) atoms. The van der Waals surface area contributed by atoms with Gasteiger partial charge in [-0.25, -0.2) is 0 Å². The van der Waals surface area contributed by atoms with Crippen LogP contribution in [0.25, 0.3) is 0 Å². The number of aryl methyl sites for hydroxylation is 6. The van der Waals surface area contributed by atoms with Gasteiger partial charge in [-0.2, -0.15) is 0 Å². The van der Waals surface area contributed by atoms with Gasteiger partial charge < -0.3 is 15.3 Å². The predicted molar refractivity (Wildman–Crippen MR) is 142 cm³/mol. The summed E-state index contributed by atoms with van der Waals surface area (Å²) in [5.74, 6) is 1.46. The van der Waals surface area contributed by atoms with Crippen LogP contribution in [0.2, 0.25) is 0 Å². The summed E-state index contributed by atoms with van der Waals surface area (Å²) in [4.78, 5) is 0. The lowest BCUT2D eigenvalue weighted by Gasteiger charge is -2.28. The molecule has 0 fully saturated rings. The predicted octanol–water partition coefficient (Wildman–Crippen LogP) is 7.74. The van der Waals surface area contributed by atoms with Crippen LogP contribution in [0.1, 0.15) is 96.0 Å². The van der Waals surface area contributed by atoms with Crippen molar-refractivity contribution in [1.29, 1.82) is 0 Å². The molecule has 0 radical (unpaired) electrons. The summed E-state index contributed by atoms with van der Waals surface area (Å²) < 4.78 is 0. The van der Waals surface area contributed by atoms with Gasteiger partial charge in [-0.1, -0.05) is 45.9 Å². The van der Waals surface area contributed by atoms with E-state index in [0.717, 1.165) is 59.1 Å². The van der Waals surface area contributed by atoms with Gasteiger partial charge in [-0.05, 0) is 121 Å². The fourth-order valence-corrected chi connectivity index (χ4v) is 5.30. The molecule has 3 aromatic rings. The number of benzene rings is 3. The standard InChI is InChI=1S/C31H40O3/c1-8-22-15-25(19(5)12-29(22)32)18(4)11-28(26-16-23(9-2)30(33)13-20(26)6)27-17-24(10-3)31(34)14-21(27)7/h12-18,28,32-34H,8-11H2,1-7H3. The van der Waals surface area contributed by atoms with Crippen molar-refractivity contribution in [2.75, 3.05) is 0 Å². The van der Waals surface area contributed by atoms with E-state index in [1.165, 1.54) is 16.7 Å². The van der Waals surface area contributed by atoms with E-state index in [1.54, 1.807) is 0 Å². The average Bonchev–Trinajstić information content (AvgIpc) is 2.78. The number of phenols is 3. The van der Waals surface area contributed by atoms with Gasteiger partial charge in [0.05, 0.1) is 0 Å². The maximum absolute atomic E-state index is 10.5. The summed E-state index contributed by atoms with van der Waals surface area (Å²) in [5, 5.41) is 31.3. The summed E-state index contributed by atoms with van der Waals surface area (Å²) in [6.45, 7) is 14.7. The van der Waals surface area contributed by atoms with Crippen molar-refractivity contribution >= 4 is 0 Å². The Morgan fingerprint density at radius 3 is 1.24 bits per heavy atom. The monoisotopic (exact) mass is 460 g/mol. The highest BCUT2D eigenvalue weighted by Gasteiger charge is 2.25. The molecule has 0 bridgehead atoms. The van der Waals surface area contributed by atoms with Crippen molar-refractivity contribution in [2.24, 2.45) is 0 Å². The minimum Gasteiger partial charge on any atom is -0.508 e. The molecule has 182 valence electrons. The van der Waals surface area contributed by atoms with Crippen molar-refractivity contribution in [2.45, 2.75) is 86.0 Å². The number of hydrogen-bond donors (Lipinski definition) is 3. The molecule has 0 saturated heterocycles. The fourth-order valence-electron chi connectivity index (χ4n) is 5.30. The lowest BCUT2D eigenvalue weighted by molar-refractivity contribution is 0.467. The zero-order chi connectivity index (χ0) is 25.2. The topological polar surface area (TPSA) is 60.7 Å². The summed E-state index contributed by atoms with van der Waals surface area (Å²) >= 11 is 0. The highest BCUT2D eigenvalue weighted by molar-refractivity contribution is 5.51. The van der Waals surface area contributed by atoms with E-state index >= 15 is 0 Å². The van der Waals surface area contributed by atoms with Crippen LogP contribution in [0.3, 0.4) is 0 Å². The van der Waals surface area contributed by atoms with E-state index in [4.69, 9.17) is 0 Å². The maximum atomic E-state index is 10.5. The quantitative estimate of drug-likeness (QED) is 0.322. The van der Waals surface area contributed by atoms with Crippen LogP contribution >= 0.6 is 0 Å². The Morgan fingerprint density at radius 1 is 0.559 bits per heavy atom. The highest BCUT2D eigenvalue weighted by Crippen LogP contribution is 2.42. The van der Waals surface area contributed by atoms with Gasteiger partial charge in [-0.15, -0.1) is 0 Å². The molecule has 0 amide bonds. The summed E-state index contributed by atoms with van der Waals surface area (Å²) in [6.07, 6.45) is 3.22. The van der Waals surface area contributed by atoms with Crippen LogP contribution in [0.4, 0.5) is 0 Å². The molecule has 3 N–H and O–H groups in total. The van der Waals surface area contributed by atoms with Crippen molar-refractivity contribution < 1.29 is 15.3 Å². The van der Waals surface area contributed by atoms with Crippen molar-refractivity contribution in [3.8, 4) is 17.2 Å². The Balaban J connectivity index is 2.18. The van der Waals surface area contributed by atoms with E-state index in [9.17, 15) is 15.3 Å². The Labute approximate surface area is 205 Å². The van der Waals surface area contributed by atoms with Crippen molar-refractivity contribution in [3.63, 3.8) is 0 Å². The summed E-state index contributed by atoms with van der Waals surface area (Å²) in [7, 11) is 0. The molecule has 3 rings (SSSR count). The largest absolute Gasteiger partial charge is 0.508 e. The third-order valence-electron chi connectivity index (χ3n) is 7.42. The molecule has 0 heterocycles. The first-order valence-corrected chi connectivity index (χ1v) is 12.6. The SMILES string of the molecule is CCc1cc(C(C)CC(c2cc(CC)c(O)cc2C)c2cc(CC)c(O)cc2C)c(C)cc1O. The highest BCUT2D eigenvalue weighted by atomic mass is 16.3. The number of rotatable bonds is 8. The van der Waals surface area contributed by atoms with Crippen LogP contribution < -0.4 is 0 Å². The second kappa shape index (κ2) is 10.5. The minimum atomic E-state index is 0.116. The van der Waals surface area contributed by atoms with Crippen LogP contribution in [0.5, 0.6) is 17.2 Å². The van der Waals surface area contributed by atoms with Gasteiger partial charge in [0.15, 0.2) is 0 Å².